The van der Waals surface area contributed by atoms with Crippen molar-refractivity contribution in [3.8, 4) is 22.6 Å². The molecule has 6 heteroatoms. The van der Waals surface area contributed by atoms with Gasteiger partial charge in [0.05, 0.1) is 22.1 Å². The summed E-state index contributed by atoms with van der Waals surface area (Å²) < 4.78 is 7.82. The highest BCUT2D eigenvalue weighted by atomic mass is 32.1. The minimum absolute atomic E-state index is 0.315. The van der Waals surface area contributed by atoms with E-state index in [1.54, 1.807) is 11.3 Å². The molecule has 2 aromatic heterocycles. The minimum Gasteiger partial charge on any atom is -0.456 e. The summed E-state index contributed by atoms with van der Waals surface area (Å²) in [7, 11) is 0. The summed E-state index contributed by atoms with van der Waals surface area (Å²) in [5.74, 6) is 0.548. The van der Waals surface area contributed by atoms with Crippen LogP contribution < -0.4 is 0 Å². The molecular formula is C28H25N3O2S. The van der Waals surface area contributed by atoms with E-state index in [-0.39, 0.29) is 5.97 Å². The van der Waals surface area contributed by atoms with Gasteiger partial charge in [-0.1, -0.05) is 54.6 Å². The number of benzene rings is 3. The quantitative estimate of drug-likeness (QED) is 0.266. The molecular weight excluding hydrogens is 442 g/mol. The minimum atomic E-state index is -0.545. The van der Waals surface area contributed by atoms with Crippen molar-refractivity contribution in [3.05, 3.63) is 94.8 Å². The number of ether oxygens (including phenoxy) is 1. The number of carbonyl (C=O) groups excluding carboxylic acids is 1. The predicted octanol–water partition coefficient (Wildman–Crippen LogP) is 6.83. The second-order valence-corrected chi connectivity index (χ2v) is 9.85. The molecule has 5 nitrogen and oxygen atoms in total. The van der Waals surface area contributed by atoms with Crippen LogP contribution in [0, 0.1) is 0 Å². The van der Waals surface area contributed by atoms with Gasteiger partial charge in [-0.05, 0) is 55.7 Å². The summed E-state index contributed by atoms with van der Waals surface area (Å²) in [6.45, 7) is 6.30. The molecule has 0 bridgehead atoms. The van der Waals surface area contributed by atoms with Crippen LogP contribution in [-0.4, -0.2) is 26.1 Å². The van der Waals surface area contributed by atoms with E-state index in [0.29, 0.717) is 12.1 Å². The fourth-order valence-electron chi connectivity index (χ4n) is 3.97. The van der Waals surface area contributed by atoms with Gasteiger partial charge in [-0.15, -0.1) is 11.3 Å². The Kier molecular flexibility index (Phi) is 5.75. The van der Waals surface area contributed by atoms with Crippen LogP contribution in [0.25, 0.3) is 33.7 Å². The van der Waals surface area contributed by atoms with Crippen LogP contribution in [-0.2, 0) is 11.3 Å². The first kappa shape index (κ1) is 22.0. The van der Waals surface area contributed by atoms with Crippen molar-refractivity contribution < 1.29 is 9.53 Å². The largest absolute Gasteiger partial charge is 0.456 e. The topological polar surface area (TPSA) is 57.0 Å². The number of fused-ring (bicyclic) bond motifs is 1. The van der Waals surface area contributed by atoms with E-state index >= 15 is 0 Å². The molecule has 0 radical (unpaired) electrons. The molecule has 34 heavy (non-hydrogen) atoms. The van der Waals surface area contributed by atoms with Gasteiger partial charge in [0.2, 0.25) is 0 Å². The van der Waals surface area contributed by atoms with Gasteiger partial charge in [-0.2, -0.15) is 0 Å². The summed E-state index contributed by atoms with van der Waals surface area (Å²) >= 11 is 1.56. The van der Waals surface area contributed by atoms with Gasteiger partial charge >= 0.3 is 5.97 Å². The number of rotatable bonds is 5. The van der Waals surface area contributed by atoms with Crippen molar-refractivity contribution in [2.24, 2.45) is 0 Å². The SMILES string of the molecule is CC(C)(C)OC(=O)c1ccccc1-c1ccc(Cn2c(-c3cscn3)nc3ccccc32)cc1. The predicted molar refractivity (Wildman–Crippen MR) is 137 cm³/mol. The van der Waals surface area contributed by atoms with Crippen LogP contribution in [0.2, 0.25) is 0 Å². The second-order valence-electron chi connectivity index (χ2n) is 9.13. The maximum Gasteiger partial charge on any atom is 0.339 e. The molecule has 0 fully saturated rings. The maximum absolute atomic E-state index is 12.8. The number of aromatic nitrogens is 3. The lowest BCUT2D eigenvalue weighted by Gasteiger charge is -2.20. The van der Waals surface area contributed by atoms with Gasteiger partial charge in [0.25, 0.3) is 0 Å². The van der Waals surface area contributed by atoms with Crippen LogP contribution in [0.4, 0.5) is 0 Å². The standard InChI is InChI=1S/C28H25N3O2S/c1-28(2,3)33-27(32)22-9-5-4-8-21(22)20-14-12-19(13-15-20)16-31-25-11-7-6-10-23(25)30-26(31)24-17-34-18-29-24/h4-15,17-18H,16H2,1-3H3. The first-order valence-electron chi connectivity index (χ1n) is 11.1. The van der Waals surface area contributed by atoms with Crippen molar-refractivity contribution in [2.75, 3.05) is 0 Å². The molecule has 0 amide bonds. The lowest BCUT2D eigenvalue weighted by molar-refractivity contribution is 0.00704. The zero-order valence-corrected chi connectivity index (χ0v) is 20.2. The third-order valence-corrected chi connectivity index (χ3v) is 6.05. The highest BCUT2D eigenvalue weighted by Crippen LogP contribution is 2.28. The molecule has 0 aliphatic carbocycles. The maximum atomic E-state index is 12.8. The van der Waals surface area contributed by atoms with Gasteiger partial charge in [0, 0.05) is 11.9 Å². The number of hydrogen-bond donors (Lipinski definition) is 0. The van der Waals surface area contributed by atoms with Crippen molar-refractivity contribution in [2.45, 2.75) is 32.9 Å². The lowest BCUT2D eigenvalue weighted by Crippen LogP contribution is -2.24. The summed E-state index contributed by atoms with van der Waals surface area (Å²) in [4.78, 5) is 22.1. The molecule has 0 unspecified atom stereocenters. The molecule has 0 saturated heterocycles. The zero-order chi connectivity index (χ0) is 23.7. The highest BCUT2D eigenvalue weighted by Gasteiger charge is 2.21. The number of thiazole rings is 1. The van der Waals surface area contributed by atoms with Crippen LogP contribution in [0.5, 0.6) is 0 Å². The molecule has 5 aromatic rings. The van der Waals surface area contributed by atoms with Crippen molar-refractivity contribution in [3.63, 3.8) is 0 Å². The molecule has 0 saturated carbocycles. The zero-order valence-electron chi connectivity index (χ0n) is 19.4. The molecule has 0 spiro atoms. The third kappa shape index (κ3) is 4.50. The Morgan fingerprint density at radius 3 is 2.44 bits per heavy atom. The van der Waals surface area contributed by atoms with Crippen molar-refractivity contribution >= 4 is 28.3 Å². The van der Waals surface area contributed by atoms with Crippen molar-refractivity contribution in [1.29, 1.82) is 0 Å². The Hall–Kier alpha value is -3.77. The number of para-hydroxylation sites is 2. The van der Waals surface area contributed by atoms with Crippen LogP contribution >= 0.6 is 11.3 Å². The summed E-state index contributed by atoms with van der Waals surface area (Å²) in [6.07, 6.45) is 0. The average Bonchev–Trinajstić information content (AvgIpc) is 3.47. The lowest BCUT2D eigenvalue weighted by atomic mass is 9.98. The second kappa shape index (κ2) is 8.88. The van der Waals surface area contributed by atoms with E-state index in [2.05, 4.69) is 39.9 Å². The fourth-order valence-corrected chi connectivity index (χ4v) is 4.50. The number of esters is 1. The van der Waals surface area contributed by atoms with E-state index < -0.39 is 5.60 Å². The van der Waals surface area contributed by atoms with Gasteiger partial charge in [0.1, 0.15) is 11.3 Å². The normalized spacial score (nSPS) is 11.6. The number of nitrogens with zero attached hydrogens (tertiary/aromatic N) is 3. The first-order chi connectivity index (χ1) is 16.4. The Balaban J connectivity index is 1.47. The van der Waals surface area contributed by atoms with E-state index in [1.807, 2.05) is 74.1 Å². The summed E-state index contributed by atoms with van der Waals surface area (Å²) in [6, 6.07) is 24.0. The fraction of sp³-hybridized carbons (Fsp3) is 0.179. The van der Waals surface area contributed by atoms with Gasteiger partial charge in [-0.3, -0.25) is 0 Å². The smallest absolute Gasteiger partial charge is 0.339 e. The molecule has 0 atom stereocenters. The average molecular weight is 468 g/mol. The van der Waals surface area contributed by atoms with Gasteiger partial charge < -0.3 is 9.30 Å². The molecule has 170 valence electrons. The Morgan fingerprint density at radius 2 is 1.71 bits per heavy atom. The molecule has 0 aliphatic rings. The molecule has 3 aromatic carbocycles. The van der Waals surface area contributed by atoms with Crippen LogP contribution in [0.15, 0.2) is 83.7 Å². The third-order valence-electron chi connectivity index (χ3n) is 5.47. The molecule has 0 aliphatic heterocycles. The first-order valence-corrected chi connectivity index (χ1v) is 12.1. The van der Waals surface area contributed by atoms with Gasteiger partial charge in [0.15, 0.2) is 5.82 Å². The Morgan fingerprint density at radius 1 is 0.971 bits per heavy atom. The van der Waals surface area contributed by atoms with Crippen LogP contribution in [0.3, 0.4) is 0 Å². The number of carbonyl (C=O) groups is 1. The Bertz CT molecular complexity index is 1450. The van der Waals surface area contributed by atoms with E-state index in [4.69, 9.17) is 9.72 Å². The van der Waals surface area contributed by atoms with E-state index in [1.165, 1.54) is 0 Å². The molecule has 5 rings (SSSR count). The summed E-state index contributed by atoms with van der Waals surface area (Å²) in [5, 5.41) is 2.02. The number of hydrogen-bond acceptors (Lipinski definition) is 5. The van der Waals surface area contributed by atoms with E-state index in [9.17, 15) is 4.79 Å². The van der Waals surface area contributed by atoms with Crippen LogP contribution in [0.1, 0.15) is 36.7 Å². The van der Waals surface area contributed by atoms with Crippen molar-refractivity contribution in [1.82, 2.24) is 14.5 Å². The summed E-state index contributed by atoms with van der Waals surface area (Å²) in [5.41, 5.74) is 7.73. The Labute approximate surface area is 202 Å². The van der Waals surface area contributed by atoms with E-state index in [0.717, 1.165) is 39.2 Å². The molecule has 0 N–H and O–H groups in total. The number of imidazole rings is 1. The highest BCUT2D eigenvalue weighted by molar-refractivity contribution is 7.07. The van der Waals surface area contributed by atoms with Gasteiger partial charge in [-0.25, -0.2) is 14.8 Å². The monoisotopic (exact) mass is 467 g/mol. The molecule has 2 heterocycles.